The highest BCUT2D eigenvalue weighted by atomic mass is 127. The monoisotopic (exact) mass is 527 g/mol. The van der Waals surface area contributed by atoms with E-state index in [2.05, 4.69) is 86.1 Å². The van der Waals surface area contributed by atoms with E-state index in [1.165, 1.54) is 16.1 Å². The minimum absolute atomic E-state index is 0.0264. The lowest BCUT2D eigenvalue weighted by molar-refractivity contribution is -0.114. The predicted octanol–water partition coefficient (Wildman–Crippen LogP) is 3.77. The lowest BCUT2D eigenvalue weighted by atomic mass is 10.2. The van der Waals surface area contributed by atoms with Gasteiger partial charge in [0.2, 0.25) is 5.91 Å². The van der Waals surface area contributed by atoms with Crippen molar-refractivity contribution in [3.63, 3.8) is 0 Å². The fraction of sp³-hybridized carbons (Fsp3) is 0.222. The highest BCUT2D eigenvalue weighted by molar-refractivity contribution is 14.1. The van der Waals surface area contributed by atoms with Gasteiger partial charge in [-0.3, -0.25) is 4.79 Å². The van der Waals surface area contributed by atoms with Crippen molar-refractivity contribution in [2.24, 2.45) is 0 Å². The Morgan fingerprint density at radius 2 is 1.86 bits per heavy atom. The molecular weight excluding hydrogens is 519 g/mol. The maximum atomic E-state index is 11.0. The number of hydrogen-bond donors (Lipinski definition) is 1. The van der Waals surface area contributed by atoms with Crippen LogP contribution in [0, 0.1) is 17.6 Å². The molecule has 5 heteroatoms. The van der Waals surface area contributed by atoms with Gasteiger partial charge in [0.05, 0.1) is 5.69 Å². The molecule has 2 nitrogen and oxygen atoms in total. The lowest BCUT2D eigenvalue weighted by Gasteiger charge is -2.11. The number of anilines is 1. The average Bonchev–Trinajstić information content (AvgIpc) is 2.09. The Morgan fingerprint density at radius 1 is 1.29 bits per heavy atom. The Labute approximate surface area is 124 Å². The molecule has 0 spiro atoms. The molecule has 0 saturated heterocycles. The number of rotatable bonds is 1. The predicted molar refractivity (Wildman–Crippen MR) is 83.6 cm³/mol. The van der Waals surface area contributed by atoms with E-state index in [9.17, 15) is 4.79 Å². The van der Waals surface area contributed by atoms with Gasteiger partial charge in [-0.05, 0) is 86.3 Å². The lowest BCUT2D eigenvalue weighted by Crippen LogP contribution is -2.10. The maximum absolute atomic E-state index is 11.0. The Balaban J connectivity index is 3.29. The summed E-state index contributed by atoms with van der Waals surface area (Å²) in [7, 11) is 0. The first-order valence-corrected chi connectivity index (χ1v) is 7.08. The van der Waals surface area contributed by atoms with Gasteiger partial charge in [-0.1, -0.05) is 0 Å². The summed E-state index contributed by atoms with van der Waals surface area (Å²) < 4.78 is 3.43. The van der Waals surface area contributed by atoms with Gasteiger partial charge in [-0.15, -0.1) is 0 Å². The van der Waals surface area contributed by atoms with Crippen LogP contribution in [0.2, 0.25) is 0 Å². The minimum Gasteiger partial charge on any atom is -0.324 e. The number of benzene rings is 1. The highest BCUT2D eigenvalue weighted by Gasteiger charge is 2.11. The van der Waals surface area contributed by atoms with E-state index in [0.29, 0.717) is 0 Å². The molecule has 0 unspecified atom stereocenters. The van der Waals surface area contributed by atoms with Gasteiger partial charge in [0, 0.05) is 17.6 Å². The molecule has 0 fully saturated rings. The van der Waals surface area contributed by atoms with E-state index in [0.717, 1.165) is 12.8 Å². The standard InChI is InChI=1S/C9H8I3NO/c1-4-6(10)3-7(11)9(8(4)12)13-5(2)14/h3H,1-2H3,(H,13,14). The third-order valence-electron chi connectivity index (χ3n) is 1.70. The molecule has 1 aromatic rings. The molecule has 1 rings (SSSR count). The molecule has 14 heavy (non-hydrogen) atoms. The van der Waals surface area contributed by atoms with Crippen molar-refractivity contribution in [2.75, 3.05) is 5.32 Å². The van der Waals surface area contributed by atoms with Crippen molar-refractivity contribution >= 4 is 79.4 Å². The molecule has 1 amide bonds. The Bertz CT molecular complexity index is 390. The minimum atomic E-state index is -0.0264. The van der Waals surface area contributed by atoms with Crippen molar-refractivity contribution in [3.8, 4) is 0 Å². The highest BCUT2D eigenvalue weighted by Crippen LogP contribution is 2.30. The molecular formula is C9H8I3NO. The van der Waals surface area contributed by atoms with Crippen LogP contribution in [0.15, 0.2) is 6.07 Å². The van der Waals surface area contributed by atoms with Gasteiger partial charge < -0.3 is 5.32 Å². The largest absolute Gasteiger partial charge is 0.324 e. The van der Waals surface area contributed by atoms with Crippen molar-refractivity contribution in [1.29, 1.82) is 0 Å². The fourth-order valence-electron chi connectivity index (χ4n) is 0.979. The second-order valence-corrected chi connectivity index (χ2v) is 6.24. The molecule has 76 valence electrons. The van der Waals surface area contributed by atoms with Crippen LogP contribution >= 0.6 is 67.8 Å². The molecule has 0 aliphatic rings. The van der Waals surface area contributed by atoms with E-state index >= 15 is 0 Å². The molecule has 0 heterocycles. The molecule has 0 atom stereocenters. The zero-order valence-corrected chi connectivity index (χ0v) is 14.1. The molecule has 0 aliphatic carbocycles. The number of halogens is 3. The van der Waals surface area contributed by atoms with Crippen LogP contribution < -0.4 is 5.32 Å². The van der Waals surface area contributed by atoms with Gasteiger partial charge in [0.25, 0.3) is 0 Å². The van der Waals surface area contributed by atoms with E-state index in [-0.39, 0.29) is 5.91 Å². The van der Waals surface area contributed by atoms with Gasteiger partial charge in [0.15, 0.2) is 0 Å². The smallest absolute Gasteiger partial charge is 0.221 e. The first-order chi connectivity index (χ1) is 6.43. The summed E-state index contributed by atoms with van der Waals surface area (Å²) in [6.45, 7) is 3.59. The molecule has 1 N–H and O–H groups in total. The van der Waals surface area contributed by atoms with Crippen LogP contribution in [-0.4, -0.2) is 5.91 Å². The van der Waals surface area contributed by atoms with Crippen molar-refractivity contribution in [3.05, 3.63) is 22.3 Å². The molecule has 1 aromatic carbocycles. The molecule has 0 aromatic heterocycles. The summed E-state index contributed by atoms with van der Waals surface area (Å²) in [4.78, 5) is 11.0. The van der Waals surface area contributed by atoms with E-state index in [1.54, 1.807) is 0 Å². The number of carbonyl (C=O) groups excluding carboxylic acids is 1. The summed E-state index contributed by atoms with van der Waals surface area (Å²) in [5.41, 5.74) is 2.15. The number of hydrogen-bond acceptors (Lipinski definition) is 1. The van der Waals surface area contributed by atoms with Crippen LogP contribution in [0.1, 0.15) is 12.5 Å². The normalized spacial score (nSPS) is 10.1. The fourth-order valence-corrected chi connectivity index (χ4v) is 4.62. The zero-order valence-electron chi connectivity index (χ0n) is 7.62. The zero-order chi connectivity index (χ0) is 10.9. The molecule has 0 radical (unpaired) electrons. The molecule has 0 aliphatic heterocycles. The van der Waals surface area contributed by atoms with Crippen LogP contribution in [0.3, 0.4) is 0 Å². The number of amides is 1. The van der Waals surface area contributed by atoms with Crippen LogP contribution in [-0.2, 0) is 4.79 Å². The first kappa shape index (κ1) is 12.9. The quantitative estimate of drug-likeness (QED) is 0.555. The van der Waals surface area contributed by atoms with E-state index in [4.69, 9.17) is 0 Å². The van der Waals surface area contributed by atoms with Crippen molar-refractivity contribution < 1.29 is 4.79 Å². The third kappa shape index (κ3) is 2.94. The summed E-state index contributed by atoms with van der Waals surface area (Å²) in [6, 6.07) is 2.07. The Kier molecular flexibility index (Phi) is 4.88. The second-order valence-electron chi connectivity index (χ2n) is 2.84. The maximum Gasteiger partial charge on any atom is 0.221 e. The van der Waals surface area contributed by atoms with Crippen LogP contribution in [0.5, 0.6) is 0 Å². The summed E-state index contributed by atoms with van der Waals surface area (Å²) >= 11 is 6.81. The summed E-state index contributed by atoms with van der Waals surface area (Å²) in [6.07, 6.45) is 0. The topological polar surface area (TPSA) is 29.1 Å². The summed E-state index contributed by atoms with van der Waals surface area (Å²) in [5, 5.41) is 2.85. The van der Waals surface area contributed by atoms with Crippen molar-refractivity contribution in [1.82, 2.24) is 0 Å². The van der Waals surface area contributed by atoms with Crippen LogP contribution in [0.25, 0.3) is 0 Å². The Hall–Kier alpha value is 0.880. The van der Waals surface area contributed by atoms with Gasteiger partial charge in [-0.2, -0.15) is 0 Å². The van der Waals surface area contributed by atoms with Crippen LogP contribution in [0.4, 0.5) is 5.69 Å². The average molecular weight is 527 g/mol. The van der Waals surface area contributed by atoms with E-state index < -0.39 is 0 Å². The molecule has 0 saturated carbocycles. The second kappa shape index (κ2) is 5.28. The summed E-state index contributed by atoms with van der Waals surface area (Å²) in [5.74, 6) is -0.0264. The molecule has 0 bridgehead atoms. The third-order valence-corrected chi connectivity index (χ3v) is 5.02. The van der Waals surface area contributed by atoms with Crippen molar-refractivity contribution in [2.45, 2.75) is 13.8 Å². The van der Waals surface area contributed by atoms with Gasteiger partial charge >= 0.3 is 0 Å². The Morgan fingerprint density at radius 3 is 2.36 bits per heavy atom. The van der Waals surface area contributed by atoms with E-state index in [1.807, 2.05) is 0 Å². The van der Waals surface area contributed by atoms with Gasteiger partial charge in [-0.25, -0.2) is 0 Å². The van der Waals surface area contributed by atoms with Gasteiger partial charge in [0.1, 0.15) is 0 Å². The first-order valence-electron chi connectivity index (χ1n) is 3.85. The SMILES string of the molecule is CC(=O)Nc1c(I)cc(I)c(C)c1I. The number of carbonyl (C=O) groups is 1. The number of nitrogens with one attached hydrogen (secondary N) is 1.